The third kappa shape index (κ3) is 6.83. The number of carboxylic acids is 1. The summed E-state index contributed by atoms with van der Waals surface area (Å²) in [6, 6.07) is 5.92. The molecule has 182 valence electrons. The Morgan fingerprint density at radius 1 is 1.30 bits per heavy atom. The number of rotatable bonds is 9. The molecule has 0 aliphatic carbocycles. The summed E-state index contributed by atoms with van der Waals surface area (Å²) in [5.74, 6) is -0.789. The summed E-state index contributed by atoms with van der Waals surface area (Å²) in [5.41, 5.74) is 1.36. The number of carboxylic acid groups (broad SMARTS) is 1. The van der Waals surface area contributed by atoms with Crippen molar-refractivity contribution in [1.29, 1.82) is 0 Å². The van der Waals surface area contributed by atoms with Crippen molar-refractivity contribution in [3.05, 3.63) is 34.8 Å². The first-order valence-corrected chi connectivity index (χ1v) is 11.9. The topological polar surface area (TPSA) is 74.7 Å². The number of alkyl halides is 3. The van der Waals surface area contributed by atoms with E-state index in [0.717, 1.165) is 47.4 Å². The van der Waals surface area contributed by atoms with E-state index in [4.69, 9.17) is 4.74 Å². The lowest BCUT2D eigenvalue weighted by molar-refractivity contribution is -0.140. The summed E-state index contributed by atoms with van der Waals surface area (Å²) in [5, 5.41) is 13.4. The van der Waals surface area contributed by atoms with E-state index in [-0.39, 0.29) is 23.5 Å². The average molecular weight is 486 g/mol. The van der Waals surface area contributed by atoms with Crippen LogP contribution in [-0.2, 0) is 15.7 Å². The maximum absolute atomic E-state index is 13.1. The van der Waals surface area contributed by atoms with Gasteiger partial charge in [0.1, 0.15) is 0 Å². The molecular formula is C23H30F3N3O3S. The van der Waals surface area contributed by atoms with Crippen LogP contribution >= 0.6 is 11.3 Å². The zero-order valence-corrected chi connectivity index (χ0v) is 19.8. The van der Waals surface area contributed by atoms with Crippen molar-refractivity contribution in [1.82, 2.24) is 4.98 Å². The van der Waals surface area contributed by atoms with Gasteiger partial charge in [-0.3, -0.25) is 4.79 Å². The molecule has 1 aromatic carbocycles. The fourth-order valence-electron chi connectivity index (χ4n) is 4.00. The predicted octanol–water partition coefficient (Wildman–Crippen LogP) is 6.13. The summed E-state index contributed by atoms with van der Waals surface area (Å²) in [6.07, 6.45) is -2.83. The predicted molar refractivity (Wildman–Crippen MR) is 124 cm³/mol. The molecule has 1 aliphatic rings. The zero-order chi connectivity index (χ0) is 24.2. The van der Waals surface area contributed by atoms with Gasteiger partial charge in [0.25, 0.3) is 0 Å². The van der Waals surface area contributed by atoms with Crippen molar-refractivity contribution < 1.29 is 27.8 Å². The number of halogens is 3. The maximum atomic E-state index is 13.1. The second kappa shape index (κ2) is 10.7. The number of thiazole rings is 1. The van der Waals surface area contributed by atoms with Crippen molar-refractivity contribution in [2.24, 2.45) is 5.92 Å². The highest BCUT2D eigenvalue weighted by molar-refractivity contribution is 7.13. The van der Waals surface area contributed by atoms with Crippen molar-refractivity contribution in [3.8, 4) is 0 Å². The van der Waals surface area contributed by atoms with Crippen LogP contribution in [-0.4, -0.2) is 41.9 Å². The van der Waals surface area contributed by atoms with Crippen LogP contribution in [0.3, 0.4) is 0 Å². The van der Waals surface area contributed by atoms with Gasteiger partial charge in [-0.1, -0.05) is 26.8 Å². The minimum absolute atomic E-state index is 0.0378. The third-order valence-electron chi connectivity index (χ3n) is 5.61. The van der Waals surface area contributed by atoms with E-state index in [1.54, 1.807) is 0 Å². The van der Waals surface area contributed by atoms with E-state index in [1.807, 2.05) is 25.1 Å². The molecule has 1 fully saturated rings. The standard InChI is InChI=1S/C23H30F3N3O3S/c1-14(2)12-29(17-6-8-32-9-7-17)19-5-4-16(15(3)10-21(30)31)11-18(19)27-22-28-20(13-33-22)23(24,25)26/h4-5,11,13-15,17H,6-10,12H2,1-3H3,(H,27,28)(H,30,31). The van der Waals surface area contributed by atoms with Crippen LogP contribution in [0.2, 0.25) is 0 Å². The molecule has 1 saturated heterocycles. The maximum Gasteiger partial charge on any atom is 0.434 e. The highest BCUT2D eigenvalue weighted by Crippen LogP contribution is 2.38. The van der Waals surface area contributed by atoms with Gasteiger partial charge in [0.05, 0.1) is 17.8 Å². The SMILES string of the molecule is CC(C)CN(c1ccc(C(C)CC(=O)O)cc1Nc1nc(C(F)(F)F)cs1)C1CCOCC1. The van der Waals surface area contributed by atoms with Crippen LogP contribution in [0, 0.1) is 5.92 Å². The Labute approximate surface area is 195 Å². The Bertz CT molecular complexity index is 943. The van der Waals surface area contributed by atoms with Crippen LogP contribution in [0.25, 0.3) is 0 Å². The fourth-order valence-corrected chi connectivity index (χ4v) is 4.73. The number of benzene rings is 1. The van der Waals surface area contributed by atoms with Crippen molar-refractivity contribution in [3.63, 3.8) is 0 Å². The molecule has 6 nitrogen and oxygen atoms in total. The molecule has 1 aromatic heterocycles. The fraction of sp³-hybridized carbons (Fsp3) is 0.565. The van der Waals surface area contributed by atoms with Crippen LogP contribution in [0.15, 0.2) is 23.6 Å². The number of aromatic nitrogens is 1. The lowest BCUT2D eigenvalue weighted by Crippen LogP contribution is -2.42. The molecule has 10 heteroatoms. The molecule has 1 aliphatic heterocycles. The lowest BCUT2D eigenvalue weighted by atomic mass is 9.95. The molecule has 0 saturated carbocycles. The Morgan fingerprint density at radius 3 is 2.58 bits per heavy atom. The van der Waals surface area contributed by atoms with Gasteiger partial charge in [-0.15, -0.1) is 11.3 Å². The number of hydrogen-bond acceptors (Lipinski definition) is 6. The number of nitrogens with zero attached hydrogens (tertiary/aromatic N) is 2. The number of hydrogen-bond donors (Lipinski definition) is 2. The van der Waals surface area contributed by atoms with E-state index >= 15 is 0 Å². The Hall–Kier alpha value is -2.33. The van der Waals surface area contributed by atoms with E-state index in [0.29, 0.717) is 24.8 Å². The first-order chi connectivity index (χ1) is 15.5. The molecule has 33 heavy (non-hydrogen) atoms. The first kappa shape index (κ1) is 25.3. The monoisotopic (exact) mass is 485 g/mol. The van der Waals surface area contributed by atoms with Crippen LogP contribution in [0.1, 0.15) is 57.2 Å². The molecule has 0 bridgehead atoms. The van der Waals surface area contributed by atoms with Crippen molar-refractivity contribution in [2.45, 2.75) is 58.2 Å². The average Bonchev–Trinajstić information content (AvgIpc) is 3.21. The first-order valence-electron chi connectivity index (χ1n) is 11.0. The lowest BCUT2D eigenvalue weighted by Gasteiger charge is -2.38. The van der Waals surface area contributed by atoms with E-state index in [9.17, 15) is 23.1 Å². The third-order valence-corrected chi connectivity index (χ3v) is 6.37. The van der Waals surface area contributed by atoms with Crippen LogP contribution in [0.4, 0.5) is 29.7 Å². The smallest absolute Gasteiger partial charge is 0.434 e. The molecule has 1 unspecified atom stereocenters. The normalized spacial score (nSPS) is 16.1. The minimum atomic E-state index is -4.51. The van der Waals surface area contributed by atoms with Crippen molar-refractivity contribution >= 4 is 33.8 Å². The van der Waals surface area contributed by atoms with E-state index < -0.39 is 17.8 Å². The second-order valence-corrected chi connectivity index (χ2v) is 9.68. The van der Waals surface area contributed by atoms with Gasteiger partial charge in [-0.05, 0) is 42.4 Å². The second-order valence-electron chi connectivity index (χ2n) is 8.83. The molecular weight excluding hydrogens is 455 g/mol. The van der Waals surface area contributed by atoms with Gasteiger partial charge in [-0.2, -0.15) is 13.2 Å². The zero-order valence-electron chi connectivity index (χ0n) is 19.0. The van der Waals surface area contributed by atoms with Crippen LogP contribution < -0.4 is 10.2 Å². The molecule has 0 radical (unpaired) electrons. The summed E-state index contributed by atoms with van der Waals surface area (Å²) in [6.45, 7) is 8.17. The summed E-state index contributed by atoms with van der Waals surface area (Å²) < 4.78 is 44.7. The Kier molecular flexibility index (Phi) is 8.23. The molecule has 2 heterocycles. The van der Waals surface area contributed by atoms with Crippen LogP contribution in [0.5, 0.6) is 0 Å². The Balaban J connectivity index is 2.01. The van der Waals surface area contributed by atoms with Gasteiger partial charge in [0.2, 0.25) is 0 Å². The van der Waals surface area contributed by atoms with E-state index in [2.05, 4.69) is 29.0 Å². The molecule has 2 N–H and O–H groups in total. The minimum Gasteiger partial charge on any atom is -0.481 e. The quantitative estimate of drug-likeness (QED) is 0.445. The van der Waals surface area contributed by atoms with Gasteiger partial charge in [-0.25, -0.2) is 4.98 Å². The highest BCUT2D eigenvalue weighted by Gasteiger charge is 2.34. The number of nitrogens with one attached hydrogen (secondary N) is 1. The number of aliphatic carboxylic acids is 1. The summed E-state index contributed by atoms with van der Waals surface area (Å²) in [7, 11) is 0. The summed E-state index contributed by atoms with van der Waals surface area (Å²) >= 11 is 0.891. The molecule has 1 atom stereocenters. The van der Waals surface area contributed by atoms with E-state index in [1.165, 1.54) is 0 Å². The molecule has 3 rings (SSSR count). The molecule has 2 aromatic rings. The van der Waals surface area contributed by atoms with Gasteiger partial charge in [0, 0.05) is 31.2 Å². The molecule has 0 amide bonds. The van der Waals surface area contributed by atoms with Crippen molar-refractivity contribution in [2.75, 3.05) is 30.0 Å². The van der Waals surface area contributed by atoms with Gasteiger partial charge in [0.15, 0.2) is 10.8 Å². The number of anilines is 3. The largest absolute Gasteiger partial charge is 0.481 e. The Morgan fingerprint density at radius 2 is 2.00 bits per heavy atom. The summed E-state index contributed by atoms with van der Waals surface area (Å²) in [4.78, 5) is 17.2. The number of carbonyl (C=O) groups is 1. The highest BCUT2D eigenvalue weighted by atomic mass is 32.1. The number of ether oxygens (including phenoxy) is 1. The van der Waals surface area contributed by atoms with Gasteiger partial charge < -0.3 is 20.1 Å². The van der Waals surface area contributed by atoms with Gasteiger partial charge >= 0.3 is 12.1 Å². The molecule has 0 spiro atoms.